The lowest BCUT2D eigenvalue weighted by atomic mass is 9.74. The Morgan fingerprint density at radius 2 is 2.06 bits per heavy atom. The molecule has 3 aliphatic heterocycles. The van der Waals surface area contributed by atoms with Crippen molar-refractivity contribution in [1.82, 2.24) is 25.3 Å². The molecule has 0 saturated carbocycles. The Morgan fingerprint density at radius 3 is 2.81 bits per heavy atom. The van der Waals surface area contributed by atoms with Crippen molar-refractivity contribution in [3.63, 3.8) is 0 Å². The molecule has 0 aromatic carbocycles. The molecule has 1 aromatic heterocycles. The van der Waals surface area contributed by atoms with E-state index in [1.165, 1.54) is 0 Å². The topological polar surface area (TPSA) is 106 Å². The molecule has 9 heteroatoms. The molecule has 0 radical (unpaired) electrons. The Balaban J connectivity index is 1.45. The summed E-state index contributed by atoms with van der Waals surface area (Å²) in [6, 6.07) is 1.79. The highest BCUT2D eigenvalue weighted by Crippen LogP contribution is 2.36. The Bertz CT molecular complexity index is 856. The van der Waals surface area contributed by atoms with Gasteiger partial charge in [-0.2, -0.15) is 5.10 Å². The molecule has 2 saturated heterocycles. The van der Waals surface area contributed by atoms with Gasteiger partial charge in [-0.1, -0.05) is 12.2 Å². The fraction of sp³-hybridized carbons (Fsp3) is 0.636. The van der Waals surface area contributed by atoms with Crippen LogP contribution in [0.1, 0.15) is 42.6 Å². The van der Waals surface area contributed by atoms with Gasteiger partial charge in [0, 0.05) is 44.9 Å². The van der Waals surface area contributed by atoms with Gasteiger partial charge in [0.2, 0.25) is 11.8 Å². The standard InChI is InChI=1S/C22H31N5O4/c1-26-10-5-18(25-26)20(29)27-11-8-22(9-12-27)7-3-2-4-16-15-31-13-6-17(16)24-19(28)14-23-21(22)30/h2-3,5,10,16-17H,4,6-9,11-15H2,1H3,(H,23,30)(H,24,28)/t16-,17+/m0/s1. The smallest absolute Gasteiger partial charge is 0.274 e. The van der Waals surface area contributed by atoms with Crippen molar-refractivity contribution in [2.24, 2.45) is 18.4 Å². The molecule has 4 heterocycles. The number of hydrogen-bond acceptors (Lipinski definition) is 5. The fourth-order valence-corrected chi connectivity index (χ4v) is 4.76. The van der Waals surface area contributed by atoms with Gasteiger partial charge in [-0.05, 0) is 38.2 Å². The van der Waals surface area contributed by atoms with E-state index < -0.39 is 5.41 Å². The molecule has 1 aromatic rings. The van der Waals surface area contributed by atoms with Crippen LogP contribution >= 0.6 is 0 Å². The van der Waals surface area contributed by atoms with Crippen molar-refractivity contribution in [2.75, 3.05) is 32.8 Å². The summed E-state index contributed by atoms with van der Waals surface area (Å²) in [5, 5.41) is 10.1. The SMILES string of the molecule is Cn1ccc(C(=O)N2CCC3(CC=CC[C@H]4COCC[C@H]4NC(=O)CNC3=O)CC2)n1. The first-order chi connectivity index (χ1) is 15.0. The van der Waals surface area contributed by atoms with Crippen molar-refractivity contribution in [3.8, 4) is 0 Å². The van der Waals surface area contributed by atoms with Crippen molar-refractivity contribution >= 4 is 17.7 Å². The average molecular weight is 430 g/mol. The van der Waals surface area contributed by atoms with Gasteiger partial charge in [-0.3, -0.25) is 19.1 Å². The van der Waals surface area contributed by atoms with E-state index in [1.54, 1.807) is 28.9 Å². The third kappa shape index (κ3) is 4.81. The summed E-state index contributed by atoms with van der Waals surface area (Å²) in [6.07, 6.45) is 9.26. The van der Waals surface area contributed by atoms with Gasteiger partial charge in [0.05, 0.1) is 18.6 Å². The minimum Gasteiger partial charge on any atom is -0.381 e. The quantitative estimate of drug-likeness (QED) is 0.637. The minimum atomic E-state index is -0.612. The molecule has 2 fully saturated rings. The van der Waals surface area contributed by atoms with Crippen LogP contribution in [0.4, 0.5) is 0 Å². The van der Waals surface area contributed by atoms with Crippen LogP contribution < -0.4 is 10.6 Å². The maximum absolute atomic E-state index is 13.1. The number of carbonyl (C=O) groups is 3. The van der Waals surface area contributed by atoms with E-state index in [2.05, 4.69) is 27.9 Å². The van der Waals surface area contributed by atoms with E-state index in [9.17, 15) is 14.4 Å². The number of nitrogens with one attached hydrogen (secondary N) is 2. The van der Waals surface area contributed by atoms with Crippen molar-refractivity contribution in [3.05, 3.63) is 30.1 Å². The van der Waals surface area contributed by atoms with Gasteiger partial charge in [0.15, 0.2) is 0 Å². The lowest BCUT2D eigenvalue weighted by Gasteiger charge is -2.40. The number of ether oxygens (including phenoxy) is 1. The second kappa shape index (κ2) is 9.21. The molecule has 0 aliphatic carbocycles. The fourth-order valence-electron chi connectivity index (χ4n) is 4.76. The molecule has 9 nitrogen and oxygen atoms in total. The molecule has 1 spiro atoms. The summed E-state index contributed by atoms with van der Waals surface area (Å²) in [7, 11) is 1.78. The van der Waals surface area contributed by atoms with E-state index in [0.717, 1.165) is 12.8 Å². The second-order valence-electron chi connectivity index (χ2n) is 8.84. The van der Waals surface area contributed by atoms with Crippen LogP contribution in [0.5, 0.6) is 0 Å². The van der Waals surface area contributed by atoms with Crippen molar-refractivity contribution in [2.45, 2.75) is 38.1 Å². The van der Waals surface area contributed by atoms with Crippen LogP contribution in [0.25, 0.3) is 0 Å². The molecule has 31 heavy (non-hydrogen) atoms. The van der Waals surface area contributed by atoms with Crippen molar-refractivity contribution < 1.29 is 19.1 Å². The molecule has 0 unspecified atom stereocenters. The van der Waals surface area contributed by atoms with Crippen LogP contribution in [0.2, 0.25) is 0 Å². The number of carbonyl (C=O) groups excluding carboxylic acids is 3. The Labute approximate surface area is 182 Å². The van der Waals surface area contributed by atoms with Gasteiger partial charge >= 0.3 is 0 Å². The molecule has 3 amide bonds. The van der Waals surface area contributed by atoms with Crippen LogP contribution in [-0.2, 0) is 21.4 Å². The third-order valence-electron chi connectivity index (χ3n) is 6.77. The van der Waals surface area contributed by atoms with Gasteiger partial charge in [-0.25, -0.2) is 0 Å². The van der Waals surface area contributed by atoms with Gasteiger partial charge in [-0.15, -0.1) is 0 Å². The summed E-state index contributed by atoms with van der Waals surface area (Å²) < 4.78 is 7.21. The van der Waals surface area contributed by atoms with Crippen LogP contribution in [0.3, 0.4) is 0 Å². The molecular formula is C22H31N5O4. The van der Waals surface area contributed by atoms with E-state index in [1.807, 2.05) is 0 Å². The number of likely N-dealkylation sites (tertiary alicyclic amines) is 1. The highest BCUT2D eigenvalue weighted by atomic mass is 16.5. The Morgan fingerprint density at radius 1 is 1.26 bits per heavy atom. The lowest BCUT2D eigenvalue weighted by molar-refractivity contribution is -0.135. The van der Waals surface area contributed by atoms with Gasteiger partial charge in [0.25, 0.3) is 5.91 Å². The first kappa shape index (κ1) is 21.5. The molecule has 4 rings (SSSR count). The first-order valence-corrected chi connectivity index (χ1v) is 11.1. The molecular weight excluding hydrogens is 398 g/mol. The monoisotopic (exact) mass is 429 g/mol. The van der Waals surface area contributed by atoms with E-state index >= 15 is 0 Å². The van der Waals surface area contributed by atoms with Gasteiger partial charge in [0.1, 0.15) is 5.69 Å². The average Bonchev–Trinajstić information content (AvgIpc) is 3.21. The number of piperidine rings is 1. The van der Waals surface area contributed by atoms with E-state index in [-0.39, 0.29) is 36.2 Å². The number of hydrogen-bond donors (Lipinski definition) is 2. The van der Waals surface area contributed by atoms with Gasteiger partial charge < -0.3 is 20.3 Å². The number of fused-ring (bicyclic) bond motifs is 1. The summed E-state index contributed by atoms with van der Waals surface area (Å²) in [4.78, 5) is 40.0. The summed E-state index contributed by atoms with van der Waals surface area (Å²) in [5.41, 5.74) is -0.193. The number of allylic oxidation sites excluding steroid dienone is 2. The van der Waals surface area contributed by atoms with E-state index in [0.29, 0.717) is 51.3 Å². The molecule has 2 atom stereocenters. The van der Waals surface area contributed by atoms with Crippen LogP contribution in [0, 0.1) is 11.3 Å². The normalized spacial score (nSPS) is 26.9. The Hall–Kier alpha value is -2.68. The lowest BCUT2D eigenvalue weighted by Crippen LogP contribution is -2.53. The maximum Gasteiger partial charge on any atom is 0.274 e. The molecule has 0 bridgehead atoms. The summed E-state index contributed by atoms with van der Waals surface area (Å²) in [5.74, 6) is -0.130. The first-order valence-electron chi connectivity index (χ1n) is 11.1. The second-order valence-corrected chi connectivity index (χ2v) is 8.84. The van der Waals surface area contributed by atoms with Crippen molar-refractivity contribution in [1.29, 1.82) is 0 Å². The Kier molecular flexibility index (Phi) is 6.41. The zero-order chi connectivity index (χ0) is 21.8. The van der Waals surface area contributed by atoms with E-state index in [4.69, 9.17) is 4.74 Å². The number of aromatic nitrogens is 2. The number of aryl methyl sites for hydroxylation is 1. The predicted molar refractivity (Wildman–Crippen MR) is 113 cm³/mol. The zero-order valence-corrected chi connectivity index (χ0v) is 18.0. The zero-order valence-electron chi connectivity index (χ0n) is 18.0. The largest absolute Gasteiger partial charge is 0.381 e. The summed E-state index contributed by atoms with van der Waals surface area (Å²) in [6.45, 7) is 2.24. The third-order valence-corrected chi connectivity index (χ3v) is 6.77. The van der Waals surface area contributed by atoms with Crippen LogP contribution in [-0.4, -0.2) is 71.3 Å². The molecule has 2 N–H and O–H groups in total. The number of nitrogens with zero attached hydrogens (tertiary/aromatic N) is 3. The molecule has 3 aliphatic rings. The number of rotatable bonds is 1. The summed E-state index contributed by atoms with van der Waals surface area (Å²) >= 11 is 0. The highest BCUT2D eigenvalue weighted by Gasteiger charge is 2.42. The predicted octanol–water partition coefficient (Wildman–Crippen LogP) is 0.630. The maximum atomic E-state index is 13.1. The highest BCUT2D eigenvalue weighted by molar-refractivity contribution is 5.93. The molecule has 168 valence electrons. The number of amides is 3. The minimum absolute atomic E-state index is 0.0229. The van der Waals surface area contributed by atoms with Crippen LogP contribution in [0.15, 0.2) is 24.4 Å².